The van der Waals surface area contributed by atoms with Gasteiger partial charge in [0.2, 0.25) is 11.7 Å². The van der Waals surface area contributed by atoms with Crippen LogP contribution in [0, 0.1) is 0 Å². The van der Waals surface area contributed by atoms with Gasteiger partial charge in [-0.15, -0.1) is 0 Å². The number of hydrogen-bond donors (Lipinski definition) is 2. The molecule has 0 saturated carbocycles. The third-order valence-electron chi connectivity index (χ3n) is 3.94. The lowest BCUT2D eigenvalue weighted by atomic mass is 9.98. The zero-order valence-corrected chi connectivity index (χ0v) is 11.1. The predicted octanol–water partition coefficient (Wildman–Crippen LogP) is 2.68. The van der Waals surface area contributed by atoms with Crippen molar-refractivity contribution in [3.05, 3.63) is 36.4 Å². The summed E-state index contributed by atoms with van der Waals surface area (Å²) in [5.41, 5.74) is 2.12. The van der Waals surface area contributed by atoms with Crippen LogP contribution in [0.1, 0.15) is 24.7 Å². The molecule has 0 spiro atoms. The van der Waals surface area contributed by atoms with Crippen LogP contribution in [-0.4, -0.2) is 28.2 Å². The Morgan fingerprint density at radius 2 is 2.05 bits per heavy atom. The van der Waals surface area contributed by atoms with Gasteiger partial charge in [0, 0.05) is 28.6 Å². The SMILES string of the molecule is c1cc2cc(-c3noc(C4CCNCC4)n3)ccc2[nH]1. The largest absolute Gasteiger partial charge is 0.361 e. The molecule has 1 aliphatic heterocycles. The van der Waals surface area contributed by atoms with Gasteiger partial charge in [-0.2, -0.15) is 4.98 Å². The van der Waals surface area contributed by atoms with Crippen molar-refractivity contribution < 1.29 is 4.52 Å². The molecule has 5 heteroatoms. The van der Waals surface area contributed by atoms with Gasteiger partial charge in [-0.25, -0.2) is 0 Å². The smallest absolute Gasteiger partial charge is 0.230 e. The molecule has 0 atom stereocenters. The number of piperidine rings is 1. The van der Waals surface area contributed by atoms with E-state index >= 15 is 0 Å². The zero-order chi connectivity index (χ0) is 13.4. The monoisotopic (exact) mass is 268 g/mol. The van der Waals surface area contributed by atoms with Crippen molar-refractivity contribution in [2.75, 3.05) is 13.1 Å². The minimum atomic E-state index is 0.397. The highest BCUT2D eigenvalue weighted by molar-refractivity contribution is 5.83. The highest BCUT2D eigenvalue weighted by atomic mass is 16.5. The Morgan fingerprint density at radius 1 is 1.15 bits per heavy atom. The molecule has 5 nitrogen and oxygen atoms in total. The number of H-pyrrole nitrogens is 1. The molecule has 1 aliphatic rings. The maximum atomic E-state index is 5.46. The number of benzene rings is 1. The van der Waals surface area contributed by atoms with Gasteiger partial charge in [-0.05, 0) is 50.2 Å². The first-order valence-electron chi connectivity index (χ1n) is 7.02. The summed E-state index contributed by atoms with van der Waals surface area (Å²) in [4.78, 5) is 7.76. The van der Waals surface area contributed by atoms with Crippen molar-refractivity contribution in [1.29, 1.82) is 0 Å². The molecule has 2 aromatic heterocycles. The molecular formula is C15H16N4O. The maximum Gasteiger partial charge on any atom is 0.230 e. The van der Waals surface area contributed by atoms with Crippen LogP contribution in [-0.2, 0) is 0 Å². The van der Waals surface area contributed by atoms with Crippen LogP contribution in [0.15, 0.2) is 35.0 Å². The molecule has 4 rings (SSSR count). The van der Waals surface area contributed by atoms with Crippen LogP contribution in [0.3, 0.4) is 0 Å². The first-order chi connectivity index (χ1) is 9.90. The maximum absolute atomic E-state index is 5.46. The summed E-state index contributed by atoms with van der Waals surface area (Å²) in [5.74, 6) is 1.85. The van der Waals surface area contributed by atoms with Crippen LogP contribution in [0.4, 0.5) is 0 Å². The molecule has 3 aromatic rings. The lowest BCUT2D eigenvalue weighted by molar-refractivity contribution is 0.320. The highest BCUT2D eigenvalue weighted by Gasteiger charge is 2.21. The summed E-state index contributed by atoms with van der Waals surface area (Å²) in [6, 6.07) is 8.21. The number of rotatable bonds is 2. The van der Waals surface area contributed by atoms with Crippen molar-refractivity contribution in [1.82, 2.24) is 20.4 Å². The predicted molar refractivity (Wildman–Crippen MR) is 76.4 cm³/mol. The highest BCUT2D eigenvalue weighted by Crippen LogP contribution is 2.27. The summed E-state index contributed by atoms with van der Waals surface area (Å²) in [6.07, 6.45) is 4.07. The summed E-state index contributed by atoms with van der Waals surface area (Å²) < 4.78 is 5.46. The molecule has 2 N–H and O–H groups in total. The van der Waals surface area contributed by atoms with Crippen LogP contribution in [0.5, 0.6) is 0 Å². The molecule has 0 unspecified atom stereocenters. The third-order valence-corrected chi connectivity index (χ3v) is 3.94. The molecule has 3 heterocycles. The van der Waals surface area contributed by atoms with Gasteiger partial charge >= 0.3 is 0 Å². The van der Waals surface area contributed by atoms with Crippen LogP contribution < -0.4 is 5.32 Å². The Labute approximate surface area is 116 Å². The van der Waals surface area contributed by atoms with E-state index in [4.69, 9.17) is 4.52 Å². The van der Waals surface area contributed by atoms with E-state index in [2.05, 4.69) is 26.5 Å². The second-order valence-corrected chi connectivity index (χ2v) is 5.26. The van der Waals surface area contributed by atoms with Gasteiger partial charge in [0.15, 0.2) is 0 Å². The van der Waals surface area contributed by atoms with Crippen LogP contribution >= 0.6 is 0 Å². The van der Waals surface area contributed by atoms with Crippen LogP contribution in [0.2, 0.25) is 0 Å². The summed E-state index contributed by atoms with van der Waals surface area (Å²) >= 11 is 0. The first kappa shape index (κ1) is 11.7. The van der Waals surface area contributed by atoms with Gasteiger partial charge < -0.3 is 14.8 Å². The number of nitrogens with zero attached hydrogens (tertiary/aromatic N) is 2. The number of aromatic nitrogens is 3. The molecule has 20 heavy (non-hydrogen) atoms. The van der Waals surface area contributed by atoms with Gasteiger partial charge in [-0.3, -0.25) is 0 Å². The van der Waals surface area contributed by atoms with E-state index in [1.165, 1.54) is 0 Å². The molecule has 0 bridgehead atoms. The summed E-state index contributed by atoms with van der Waals surface area (Å²) in [7, 11) is 0. The van der Waals surface area contributed by atoms with E-state index in [1.807, 2.05) is 24.4 Å². The van der Waals surface area contributed by atoms with Crippen molar-refractivity contribution in [3.8, 4) is 11.4 Å². The van der Waals surface area contributed by atoms with Gasteiger partial charge in [-0.1, -0.05) is 5.16 Å². The normalized spacial score (nSPS) is 16.8. The first-order valence-corrected chi connectivity index (χ1v) is 7.02. The van der Waals surface area contributed by atoms with E-state index < -0.39 is 0 Å². The van der Waals surface area contributed by atoms with E-state index in [0.717, 1.165) is 48.3 Å². The van der Waals surface area contributed by atoms with Crippen molar-refractivity contribution in [2.24, 2.45) is 0 Å². The van der Waals surface area contributed by atoms with Crippen LogP contribution in [0.25, 0.3) is 22.3 Å². The Morgan fingerprint density at radius 3 is 2.95 bits per heavy atom. The van der Waals surface area contributed by atoms with E-state index in [9.17, 15) is 0 Å². The van der Waals surface area contributed by atoms with E-state index in [1.54, 1.807) is 0 Å². The zero-order valence-electron chi connectivity index (χ0n) is 11.1. The Kier molecular flexibility index (Phi) is 2.77. The fraction of sp³-hybridized carbons (Fsp3) is 0.333. The Bertz CT molecular complexity index is 724. The fourth-order valence-corrected chi connectivity index (χ4v) is 2.78. The van der Waals surface area contributed by atoms with Gasteiger partial charge in [0.05, 0.1) is 0 Å². The summed E-state index contributed by atoms with van der Waals surface area (Å²) in [5, 5.41) is 8.65. The average Bonchev–Trinajstić information content (AvgIpc) is 3.16. The number of nitrogens with one attached hydrogen (secondary N) is 2. The molecule has 1 saturated heterocycles. The number of fused-ring (bicyclic) bond motifs is 1. The van der Waals surface area contributed by atoms with Crippen molar-refractivity contribution >= 4 is 10.9 Å². The lowest BCUT2D eigenvalue weighted by Crippen LogP contribution is -2.26. The Hall–Kier alpha value is -2.14. The molecule has 0 aliphatic carbocycles. The van der Waals surface area contributed by atoms with Gasteiger partial charge in [0.1, 0.15) is 0 Å². The second-order valence-electron chi connectivity index (χ2n) is 5.26. The van der Waals surface area contributed by atoms with Crippen molar-refractivity contribution in [2.45, 2.75) is 18.8 Å². The summed E-state index contributed by atoms with van der Waals surface area (Å²) in [6.45, 7) is 2.05. The minimum absolute atomic E-state index is 0.397. The van der Waals surface area contributed by atoms with E-state index in [0.29, 0.717) is 11.7 Å². The molecule has 102 valence electrons. The average molecular weight is 268 g/mol. The molecule has 0 amide bonds. The molecule has 1 fully saturated rings. The topological polar surface area (TPSA) is 66.7 Å². The number of aromatic amines is 1. The number of hydrogen-bond acceptors (Lipinski definition) is 4. The molecular weight excluding hydrogens is 252 g/mol. The van der Waals surface area contributed by atoms with Crippen molar-refractivity contribution in [3.63, 3.8) is 0 Å². The quantitative estimate of drug-likeness (QED) is 0.750. The second kappa shape index (κ2) is 4.76. The standard InChI is InChI=1S/C15H16N4O/c1-2-13-11(5-8-17-13)9-12(1)14-18-15(20-19-14)10-3-6-16-7-4-10/h1-2,5,8-10,16-17H,3-4,6-7H2. The lowest BCUT2D eigenvalue weighted by Gasteiger charge is -2.18. The molecule has 0 radical (unpaired) electrons. The fourth-order valence-electron chi connectivity index (χ4n) is 2.78. The Balaban J connectivity index is 1.66. The minimum Gasteiger partial charge on any atom is -0.361 e. The van der Waals surface area contributed by atoms with E-state index in [-0.39, 0.29) is 0 Å². The molecule has 1 aromatic carbocycles. The van der Waals surface area contributed by atoms with Gasteiger partial charge in [0.25, 0.3) is 0 Å². The third kappa shape index (κ3) is 2.00.